The molecule has 0 unspecified atom stereocenters. The summed E-state index contributed by atoms with van der Waals surface area (Å²) >= 11 is 0. The molecule has 0 spiro atoms. The molecule has 1 N–H and O–H groups in total. The number of rotatable bonds is 2. The first kappa shape index (κ1) is 8.32. The van der Waals surface area contributed by atoms with Gasteiger partial charge in [-0.15, -0.1) is 10.2 Å². The molecular weight excluding hydrogens is 158 g/mol. The smallest absolute Gasteiger partial charge is 0.292 e. The van der Waals surface area contributed by atoms with Crippen molar-refractivity contribution in [1.29, 1.82) is 0 Å². The van der Waals surface area contributed by atoms with Crippen LogP contribution in [0, 0.1) is 0 Å². The summed E-state index contributed by atoms with van der Waals surface area (Å²) in [5.41, 5.74) is 0.352. The Kier molecular flexibility index (Phi) is 2.14. The first-order chi connectivity index (χ1) is 5.59. The van der Waals surface area contributed by atoms with Crippen LogP contribution in [0.5, 0.6) is 0 Å². The fourth-order valence-electron chi connectivity index (χ4n) is 0.562. The molecule has 0 aliphatic carbocycles. The molecule has 0 atom stereocenters. The van der Waals surface area contributed by atoms with Crippen molar-refractivity contribution < 1.29 is 9.59 Å². The Morgan fingerprint density at radius 3 is 2.67 bits per heavy atom. The normalized spacial score (nSPS) is 14.4. The summed E-state index contributed by atoms with van der Waals surface area (Å²) in [4.78, 5) is 21.4. The summed E-state index contributed by atoms with van der Waals surface area (Å²) < 4.78 is 0. The molecule has 62 valence electrons. The fourth-order valence-corrected chi connectivity index (χ4v) is 0.562. The summed E-state index contributed by atoms with van der Waals surface area (Å²) in [7, 11) is 0. The topological polar surface area (TPSA) is 70.9 Å². The van der Waals surface area contributed by atoms with Crippen LogP contribution in [-0.4, -0.2) is 11.8 Å². The largest absolute Gasteiger partial charge is 0.305 e. The third-order valence-corrected chi connectivity index (χ3v) is 1.15. The van der Waals surface area contributed by atoms with E-state index in [1.807, 2.05) is 0 Å². The molecule has 5 nitrogen and oxygen atoms in total. The summed E-state index contributed by atoms with van der Waals surface area (Å²) in [5.74, 6) is -0.671. The second-order valence-electron chi connectivity index (χ2n) is 2.30. The van der Waals surface area contributed by atoms with Crippen LogP contribution in [0.15, 0.2) is 34.3 Å². The van der Waals surface area contributed by atoms with Crippen LogP contribution in [-0.2, 0) is 9.59 Å². The lowest BCUT2D eigenvalue weighted by atomic mass is 10.3. The first-order valence-corrected chi connectivity index (χ1v) is 3.24. The maximum absolute atomic E-state index is 10.9. The van der Waals surface area contributed by atoms with Crippen molar-refractivity contribution in [3.63, 3.8) is 0 Å². The van der Waals surface area contributed by atoms with E-state index in [4.69, 9.17) is 0 Å². The molecule has 12 heavy (non-hydrogen) atoms. The summed E-state index contributed by atoms with van der Waals surface area (Å²) in [5, 5.41) is 8.93. The van der Waals surface area contributed by atoms with Crippen LogP contribution in [0.2, 0.25) is 0 Å². The van der Waals surface area contributed by atoms with E-state index in [0.717, 1.165) is 6.08 Å². The van der Waals surface area contributed by atoms with Gasteiger partial charge in [-0.05, 0) is 6.92 Å². The van der Waals surface area contributed by atoms with Crippen molar-refractivity contribution in [2.75, 3.05) is 0 Å². The summed E-state index contributed by atoms with van der Waals surface area (Å²) in [6.45, 7) is 4.98. The van der Waals surface area contributed by atoms with Crippen molar-refractivity contribution in [2.45, 2.75) is 6.92 Å². The average Bonchev–Trinajstić information content (AvgIpc) is 2.35. The molecule has 0 fully saturated rings. The number of hydrogen-bond donors (Lipinski definition) is 1. The van der Waals surface area contributed by atoms with E-state index < -0.39 is 5.91 Å². The van der Waals surface area contributed by atoms with Gasteiger partial charge in [-0.3, -0.25) is 9.59 Å². The zero-order valence-corrected chi connectivity index (χ0v) is 6.50. The lowest BCUT2D eigenvalue weighted by molar-refractivity contribution is -0.116. The van der Waals surface area contributed by atoms with Crippen LogP contribution in [0.3, 0.4) is 0 Å². The molecule has 0 aromatic rings. The lowest BCUT2D eigenvalue weighted by Gasteiger charge is -1.99. The minimum atomic E-state index is -0.466. The third kappa shape index (κ3) is 1.85. The molecule has 0 aromatic carbocycles. The zero-order chi connectivity index (χ0) is 9.14. The third-order valence-electron chi connectivity index (χ3n) is 1.15. The van der Waals surface area contributed by atoms with E-state index in [0.29, 0.717) is 5.57 Å². The molecule has 1 heterocycles. The van der Waals surface area contributed by atoms with Crippen molar-refractivity contribution in [2.24, 2.45) is 10.2 Å². The van der Waals surface area contributed by atoms with Gasteiger partial charge in [0, 0.05) is 5.57 Å². The zero-order valence-electron chi connectivity index (χ0n) is 6.50. The van der Waals surface area contributed by atoms with Gasteiger partial charge in [0.1, 0.15) is 0 Å². The monoisotopic (exact) mass is 165 g/mol. The number of hydrogen-bond acceptors (Lipinski definition) is 3. The number of nitrogens with zero attached hydrogens (tertiary/aromatic N) is 2. The van der Waals surface area contributed by atoms with Gasteiger partial charge in [0.25, 0.3) is 11.8 Å². The molecule has 1 rings (SSSR count). The van der Waals surface area contributed by atoms with E-state index >= 15 is 0 Å². The quantitative estimate of drug-likeness (QED) is 0.605. The highest BCUT2D eigenvalue weighted by atomic mass is 16.2. The average molecular weight is 165 g/mol. The summed E-state index contributed by atoms with van der Waals surface area (Å²) in [6, 6.07) is 0. The van der Waals surface area contributed by atoms with Crippen molar-refractivity contribution in [1.82, 2.24) is 5.32 Å². The number of nitrogens with one attached hydrogen (secondary N) is 1. The fraction of sp³-hybridized carbons (Fsp3) is 0.143. The van der Waals surface area contributed by atoms with Crippen LogP contribution >= 0.6 is 0 Å². The van der Waals surface area contributed by atoms with E-state index in [1.54, 1.807) is 6.92 Å². The first-order valence-electron chi connectivity index (χ1n) is 3.24. The van der Waals surface area contributed by atoms with Crippen LogP contribution in [0.1, 0.15) is 6.92 Å². The van der Waals surface area contributed by atoms with Crippen LogP contribution in [0.25, 0.3) is 0 Å². The minimum absolute atomic E-state index is 0.160. The van der Waals surface area contributed by atoms with E-state index in [1.165, 1.54) is 0 Å². The highest BCUT2D eigenvalue weighted by Crippen LogP contribution is 2.03. The highest BCUT2D eigenvalue weighted by Gasteiger charge is 2.10. The predicted octanol–water partition coefficient (Wildman–Crippen LogP) is 0.512. The highest BCUT2D eigenvalue weighted by molar-refractivity contribution is 5.96. The Hall–Kier alpha value is -1.78. The maximum atomic E-state index is 10.9. The number of amides is 2. The Morgan fingerprint density at radius 1 is 1.58 bits per heavy atom. The van der Waals surface area contributed by atoms with E-state index in [-0.39, 0.29) is 11.7 Å². The molecule has 0 saturated carbocycles. The van der Waals surface area contributed by atoms with Gasteiger partial charge in [0.05, 0.1) is 6.08 Å². The maximum Gasteiger partial charge on any atom is 0.292 e. The van der Waals surface area contributed by atoms with E-state index in [9.17, 15) is 9.59 Å². The van der Waals surface area contributed by atoms with Crippen molar-refractivity contribution in [3.8, 4) is 0 Å². The number of carbonyl (C=O) groups is 2. The Balaban J connectivity index is 2.60. The number of azo groups is 1. The van der Waals surface area contributed by atoms with Crippen molar-refractivity contribution in [3.05, 3.63) is 24.0 Å². The Morgan fingerprint density at radius 2 is 2.25 bits per heavy atom. The van der Waals surface area contributed by atoms with Gasteiger partial charge in [-0.1, -0.05) is 6.58 Å². The molecular formula is C7H7N3O2. The second-order valence-corrected chi connectivity index (χ2v) is 2.30. The number of carbonyl (C=O) groups excluding carboxylic acids is 2. The molecule has 5 heteroatoms. The van der Waals surface area contributed by atoms with Gasteiger partial charge in [0.2, 0.25) is 0 Å². The second kappa shape index (κ2) is 3.08. The minimum Gasteiger partial charge on any atom is -0.305 e. The molecule has 0 bridgehead atoms. The Labute approximate surface area is 68.9 Å². The molecule has 1 aliphatic heterocycles. The molecule has 2 amide bonds. The molecule has 0 saturated heterocycles. The van der Waals surface area contributed by atoms with Crippen molar-refractivity contribution >= 4 is 11.8 Å². The molecule has 0 aromatic heterocycles. The SMILES string of the molecule is C=C(C)C(=O)NC1=CC(=O)N=N1. The lowest BCUT2D eigenvalue weighted by Crippen LogP contribution is -2.21. The Bertz CT molecular complexity index is 315. The standard InChI is InChI=1S/C7H7N3O2/c1-4(2)7(12)8-5-3-6(11)10-9-5/h3H,1H2,2H3,(H,8,12). The van der Waals surface area contributed by atoms with Crippen LogP contribution < -0.4 is 5.32 Å². The van der Waals surface area contributed by atoms with Gasteiger partial charge in [0.15, 0.2) is 5.82 Å². The van der Waals surface area contributed by atoms with E-state index in [2.05, 4.69) is 22.1 Å². The molecule has 1 aliphatic rings. The van der Waals surface area contributed by atoms with Gasteiger partial charge < -0.3 is 5.32 Å². The van der Waals surface area contributed by atoms with Crippen LogP contribution in [0.4, 0.5) is 0 Å². The van der Waals surface area contributed by atoms with Gasteiger partial charge in [-0.2, -0.15) is 0 Å². The summed E-state index contributed by atoms with van der Waals surface area (Å²) in [6.07, 6.45) is 1.14. The van der Waals surface area contributed by atoms with Gasteiger partial charge in [-0.25, -0.2) is 0 Å². The van der Waals surface area contributed by atoms with Gasteiger partial charge >= 0.3 is 0 Å². The molecule has 0 radical (unpaired) electrons. The predicted molar refractivity (Wildman–Crippen MR) is 40.9 cm³/mol.